The predicted octanol–water partition coefficient (Wildman–Crippen LogP) is 3.88. The quantitative estimate of drug-likeness (QED) is 0.778. The molecule has 1 N–H and O–H groups in total. The Labute approximate surface area is 150 Å². The maximum absolute atomic E-state index is 12.2. The Morgan fingerprint density at radius 3 is 2.36 bits per heavy atom. The third kappa shape index (κ3) is 5.82. The Kier molecular flexibility index (Phi) is 6.45. The highest BCUT2D eigenvalue weighted by molar-refractivity contribution is 5.80. The van der Waals surface area contributed by atoms with Crippen molar-refractivity contribution in [3.63, 3.8) is 0 Å². The molecule has 0 aliphatic carbocycles. The van der Waals surface area contributed by atoms with Crippen LogP contribution >= 0.6 is 0 Å². The highest BCUT2D eigenvalue weighted by Crippen LogP contribution is 2.20. The molecule has 0 radical (unpaired) electrons. The third-order valence-corrected chi connectivity index (χ3v) is 3.88. The van der Waals surface area contributed by atoms with Gasteiger partial charge in [-0.1, -0.05) is 18.2 Å². The van der Waals surface area contributed by atoms with Crippen molar-refractivity contribution in [1.29, 1.82) is 0 Å². The van der Waals surface area contributed by atoms with Crippen LogP contribution in [0.25, 0.3) is 0 Å². The van der Waals surface area contributed by atoms with Crippen LogP contribution in [0.4, 0.5) is 0 Å². The number of hydrogen-bond acceptors (Lipinski definition) is 3. The Balaban J connectivity index is 1.78. The van der Waals surface area contributed by atoms with Gasteiger partial charge >= 0.3 is 0 Å². The lowest BCUT2D eigenvalue weighted by molar-refractivity contribution is -0.127. The number of carbonyl (C=O) groups is 1. The fourth-order valence-electron chi connectivity index (χ4n) is 2.58. The van der Waals surface area contributed by atoms with E-state index in [1.54, 1.807) is 6.92 Å². The van der Waals surface area contributed by atoms with Gasteiger partial charge in [-0.25, -0.2) is 0 Å². The van der Waals surface area contributed by atoms with Crippen molar-refractivity contribution < 1.29 is 14.3 Å². The van der Waals surface area contributed by atoms with Gasteiger partial charge in [-0.05, 0) is 75.1 Å². The minimum Gasteiger partial charge on any atom is -0.492 e. The van der Waals surface area contributed by atoms with Gasteiger partial charge in [-0.2, -0.15) is 0 Å². The molecule has 0 heterocycles. The van der Waals surface area contributed by atoms with E-state index in [0.717, 1.165) is 33.8 Å². The van der Waals surface area contributed by atoms with E-state index in [4.69, 9.17) is 9.47 Å². The van der Waals surface area contributed by atoms with Crippen LogP contribution < -0.4 is 14.8 Å². The molecule has 0 bridgehead atoms. The second-order valence-corrected chi connectivity index (χ2v) is 6.49. The largest absolute Gasteiger partial charge is 0.492 e. The van der Waals surface area contributed by atoms with Gasteiger partial charge in [0.05, 0.1) is 6.54 Å². The van der Waals surface area contributed by atoms with Gasteiger partial charge in [-0.3, -0.25) is 4.79 Å². The monoisotopic (exact) mass is 341 g/mol. The molecule has 4 nitrogen and oxygen atoms in total. The number of amides is 1. The summed E-state index contributed by atoms with van der Waals surface area (Å²) >= 11 is 0. The maximum Gasteiger partial charge on any atom is 0.260 e. The first kappa shape index (κ1) is 18.8. The van der Waals surface area contributed by atoms with Gasteiger partial charge in [0.1, 0.15) is 18.1 Å². The van der Waals surface area contributed by atoms with Gasteiger partial charge < -0.3 is 14.8 Å². The molecule has 2 aromatic rings. The van der Waals surface area contributed by atoms with E-state index < -0.39 is 6.10 Å². The Morgan fingerprint density at radius 1 is 1.00 bits per heavy atom. The second kappa shape index (κ2) is 8.56. The van der Waals surface area contributed by atoms with Crippen molar-refractivity contribution >= 4 is 5.91 Å². The van der Waals surface area contributed by atoms with Gasteiger partial charge in [0, 0.05) is 0 Å². The predicted molar refractivity (Wildman–Crippen MR) is 100 cm³/mol. The van der Waals surface area contributed by atoms with Crippen molar-refractivity contribution in [3.05, 3.63) is 58.7 Å². The molecule has 0 aromatic heterocycles. The van der Waals surface area contributed by atoms with Crippen molar-refractivity contribution in [3.8, 4) is 11.5 Å². The van der Waals surface area contributed by atoms with Crippen LogP contribution in [-0.2, 0) is 4.79 Å². The first-order chi connectivity index (χ1) is 11.8. The maximum atomic E-state index is 12.2. The van der Waals surface area contributed by atoms with E-state index in [1.165, 1.54) is 0 Å². The number of ether oxygens (including phenoxy) is 2. The lowest BCUT2D eigenvalue weighted by Gasteiger charge is -2.17. The van der Waals surface area contributed by atoms with Crippen LogP contribution in [0, 0.1) is 27.7 Å². The Morgan fingerprint density at radius 2 is 1.68 bits per heavy atom. The summed E-state index contributed by atoms with van der Waals surface area (Å²) in [5.41, 5.74) is 4.45. The van der Waals surface area contributed by atoms with E-state index >= 15 is 0 Å². The lowest BCUT2D eigenvalue weighted by Crippen LogP contribution is -2.38. The van der Waals surface area contributed by atoms with E-state index in [9.17, 15) is 4.79 Å². The van der Waals surface area contributed by atoms with Gasteiger partial charge in [0.2, 0.25) is 0 Å². The minimum atomic E-state index is -0.554. The zero-order valence-corrected chi connectivity index (χ0v) is 15.7. The zero-order chi connectivity index (χ0) is 18.4. The van der Waals surface area contributed by atoms with Crippen molar-refractivity contribution in [2.45, 2.75) is 40.7 Å². The molecule has 0 aliphatic rings. The SMILES string of the molecule is Cc1cc(C)cc(OCCNC(=O)[C@H](C)Oc2cc(C)ccc2C)c1. The minimum absolute atomic E-state index is 0.148. The molecule has 2 rings (SSSR count). The van der Waals surface area contributed by atoms with Gasteiger partial charge in [0.15, 0.2) is 6.10 Å². The molecule has 0 aliphatic heterocycles. The van der Waals surface area contributed by atoms with Gasteiger partial charge in [0.25, 0.3) is 5.91 Å². The number of benzene rings is 2. The molecule has 0 fully saturated rings. The smallest absolute Gasteiger partial charge is 0.260 e. The average Bonchev–Trinajstić information content (AvgIpc) is 2.54. The molecule has 0 saturated heterocycles. The lowest BCUT2D eigenvalue weighted by atomic mass is 10.1. The van der Waals surface area contributed by atoms with Crippen LogP contribution in [0.2, 0.25) is 0 Å². The van der Waals surface area contributed by atoms with Gasteiger partial charge in [-0.15, -0.1) is 0 Å². The van der Waals surface area contributed by atoms with Crippen molar-refractivity contribution in [2.75, 3.05) is 13.2 Å². The Hall–Kier alpha value is -2.49. The molecule has 4 heteroatoms. The van der Waals surface area contributed by atoms with E-state index in [2.05, 4.69) is 11.4 Å². The van der Waals surface area contributed by atoms with E-state index in [1.807, 2.05) is 58.0 Å². The summed E-state index contributed by atoms with van der Waals surface area (Å²) in [4.78, 5) is 12.2. The number of hydrogen-bond donors (Lipinski definition) is 1. The number of rotatable bonds is 7. The molecule has 2 aromatic carbocycles. The number of aryl methyl sites for hydroxylation is 4. The molecule has 0 spiro atoms. The van der Waals surface area contributed by atoms with Crippen molar-refractivity contribution in [2.24, 2.45) is 0 Å². The van der Waals surface area contributed by atoms with Crippen LogP contribution in [0.15, 0.2) is 36.4 Å². The second-order valence-electron chi connectivity index (χ2n) is 6.49. The molecular formula is C21H27NO3. The number of nitrogens with one attached hydrogen (secondary N) is 1. The molecule has 0 saturated carbocycles. The van der Waals surface area contributed by atoms with Crippen molar-refractivity contribution in [1.82, 2.24) is 5.32 Å². The Bertz CT molecular complexity index is 720. The topological polar surface area (TPSA) is 47.6 Å². The summed E-state index contributed by atoms with van der Waals surface area (Å²) in [6.45, 7) is 10.7. The molecular weight excluding hydrogens is 314 g/mol. The first-order valence-corrected chi connectivity index (χ1v) is 8.58. The summed E-state index contributed by atoms with van der Waals surface area (Å²) in [6.07, 6.45) is -0.554. The van der Waals surface area contributed by atoms with Crippen LogP contribution in [-0.4, -0.2) is 25.2 Å². The summed E-state index contributed by atoms with van der Waals surface area (Å²) in [7, 11) is 0. The summed E-state index contributed by atoms with van der Waals surface area (Å²) < 4.78 is 11.5. The molecule has 1 amide bonds. The molecule has 134 valence electrons. The molecule has 25 heavy (non-hydrogen) atoms. The van der Waals surface area contributed by atoms with E-state index in [-0.39, 0.29) is 5.91 Å². The third-order valence-electron chi connectivity index (χ3n) is 3.88. The molecule has 0 unspecified atom stereocenters. The summed E-state index contributed by atoms with van der Waals surface area (Å²) in [6, 6.07) is 12.0. The van der Waals surface area contributed by atoms with E-state index in [0.29, 0.717) is 13.2 Å². The standard InChI is InChI=1S/C21H27NO3/c1-14-6-7-17(4)20(13-14)25-18(5)21(23)22-8-9-24-19-11-15(2)10-16(3)12-19/h6-7,10-13,18H,8-9H2,1-5H3,(H,22,23)/t18-/m0/s1. The summed E-state index contributed by atoms with van der Waals surface area (Å²) in [5, 5.41) is 2.85. The zero-order valence-electron chi connectivity index (χ0n) is 15.7. The van der Waals surface area contributed by atoms with Crippen LogP contribution in [0.3, 0.4) is 0 Å². The number of carbonyl (C=O) groups excluding carboxylic acids is 1. The fourth-order valence-corrected chi connectivity index (χ4v) is 2.58. The van der Waals surface area contributed by atoms with Crippen LogP contribution in [0.1, 0.15) is 29.2 Å². The average molecular weight is 341 g/mol. The van der Waals surface area contributed by atoms with Crippen LogP contribution in [0.5, 0.6) is 11.5 Å². The normalized spacial score (nSPS) is 11.7. The summed E-state index contributed by atoms with van der Waals surface area (Å²) in [5.74, 6) is 1.42. The molecule has 1 atom stereocenters. The highest BCUT2D eigenvalue weighted by atomic mass is 16.5. The fraction of sp³-hybridized carbons (Fsp3) is 0.381. The first-order valence-electron chi connectivity index (χ1n) is 8.58. The highest BCUT2D eigenvalue weighted by Gasteiger charge is 2.15.